The van der Waals surface area contributed by atoms with E-state index in [1.165, 1.54) is 22.9 Å². The summed E-state index contributed by atoms with van der Waals surface area (Å²) >= 11 is 1.83. The molecule has 0 aromatic carbocycles. The van der Waals surface area contributed by atoms with Crippen LogP contribution in [0.2, 0.25) is 0 Å². The van der Waals surface area contributed by atoms with Gasteiger partial charge in [0, 0.05) is 29.7 Å². The second kappa shape index (κ2) is 5.27. The molecule has 1 aliphatic rings. The first-order valence-electron chi connectivity index (χ1n) is 5.48. The number of pyridine rings is 1. The van der Waals surface area contributed by atoms with E-state index in [-0.39, 0.29) is 24.1 Å². The molecule has 0 bridgehead atoms. The Labute approximate surface area is 103 Å². The van der Waals surface area contributed by atoms with Gasteiger partial charge in [0.1, 0.15) is 6.54 Å². The van der Waals surface area contributed by atoms with Crippen LogP contribution in [0.25, 0.3) is 0 Å². The molecule has 1 saturated heterocycles. The minimum Gasteiger partial charge on any atom is -0.398 e. The van der Waals surface area contributed by atoms with E-state index >= 15 is 0 Å². The van der Waals surface area contributed by atoms with E-state index in [2.05, 4.69) is 5.32 Å². The first-order chi connectivity index (χ1) is 8.15. The number of anilines is 1. The largest absolute Gasteiger partial charge is 0.398 e. The van der Waals surface area contributed by atoms with Crippen LogP contribution in [0.1, 0.15) is 6.42 Å². The maximum Gasteiger partial charge on any atom is 0.251 e. The van der Waals surface area contributed by atoms with Gasteiger partial charge >= 0.3 is 0 Å². The Balaban J connectivity index is 1.97. The molecular weight excluding hydrogens is 238 g/mol. The number of carbonyl (C=O) groups excluding carboxylic acids is 1. The number of rotatable bonds is 3. The van der Waals surface area contributed by atoms with Crippen molar-refractivity contribution in [2.75, 3.05) is 17.2 Å². The zero-order valence-corrected chi connectivity index (χ0v) is 10.2. The molecule has 1 atom stereocenters. The Morgan fingerprint density at radius 3 is 3.12 bits per heavy atom. The highest BCUT2D eigenvalue weighted by Gasteiger charge is 2.17. The van der Waals surface area contributed by atoms with Gasteiger partial charge < -0.3 is 15.6 Å². The van der Waals surface area contributed by atoms with Gasteiger partial charge in [0.05, 0.1) is 0 Å². The van der Waals surface area contributed by atoms with E-state index in [0.717, 1.165) is 17.9 Å². The van der Waals surface area contributed by atoms with Gasteiger partial charge in [-0.25, -0.2) is 0 Å². The lowest BCUT2D eigenvalue weighted by molar-refractivity contribution is -0.122. The molecule has 2 rings (SSSR count). The minimum absolute atomic E-state index is 0.0328. The quantitative estimate of drug-likeness (QED) is 0.798. The van der Waals surface area contributed by atoms with Gasteiger partial charge in [-0.05, 0) is 18.2 Å². The van der Waals surface area contributed by atoms with Crippen molar-refractivity contribution in [1.29, 1.82) is 0 Å². The highest BCUT2D eigenvalue weighted by molar-refractivity contribution is 7.99. The number of nitrogens with two attached hydrogens (primary N) is 1. The molecule has 1 amide bonds. The Bertz CT molecular complexity index is 466. The van der Waals surface area contributed by atoms with Crippen molar-refractivity contribution in [2.24, 2.45) is 0 Å². The highest BCUT2D eigenvalue weighted by atomic mass is 32.2. The van der Waals surface area contributed by atoms with E-state index in [9.17, 15) is 9.59 Å². The Morgan fingerprint density at radius 2 is 2.41 bits per heavy atom. The van der Waals surface area contributed by atoms with Crippen molar-refractivity contribution in [1.82, 2.24) is 9.88 Å². The lowest BCUT2D eigenvalue weighted by atomic mass is 10.2. The smallest absolute Gasteiger partial charge is 0.251 e. The van der Waals surface area contributed by atoms with Crippen molar-refractivity contribution >= 4 is 23.4 Å². The zero-order chi connectivity index (χ0) is 12.3. The second-order valence-corrected chi connectivity index (χ2v) is 5.21. The maximum atomic E-state index is 11.7. The van der Waals surface area contributed by atoms with Crippen LogP contribution in [0, 0.1) is 0 Å². The first kappa shape index (κ1) is 12.0. The number of hydrogen-bond donors (Lipinski definition) is 2. The second-order valence-electron chi connectivity index (χ2n) is 4.06. The highest BCUT2D eigenvalue weighted by Crippen LogP contribution is 2.16. The van der Waals surface area contributed by atoms with Crippen LogP contribution in [-0.2, 0) is 11.3 Å². The fourth-order valence-corrected chi connectivity index (χ4v) is 2.90. The molecule has 17 heavy (non-hydrogen) atoms. The number of amides is 1. The third kappa shape index (κ3) is 3.26. The number of nitrogen functional groups attached to an aromatic ring is 1. The fourth-order valence-electron chi connectivity index (χ4n) is 1.75. The summed E-state index contributed by atoms with van der Waals surface area (Å²) in [5.74, 6) is 1.91. The number of nitrogens with one attached hydrogen (secondary N) is 1. The molecule has 6 heteroatoms. The van der Waals surface area contributed by atoms with Crippen LogP contribution in [0.15, 0.2) is 23.1 Å². The van der Waals surface area contributed by atoms with Crippen molar-refractivity contribution in [3.05, 3.63) is 28.7 Å². The van der Waals surface area contributed by atoms with Gasteiger partial charge in [0.25, 0.3) is 5.56 Å². The Hall–Kier alpha value is -1.43. The molecule has 1 aliphatic heterocycles. The van der Waals surface area contributed by atoms with Gasteiger partial charge in [-0.3, -0.25) is 9.59 Å². The van der Waals surface area contributed by atoms with Gasteiger partial charge in [-0.1, -0.05) is 0 Å². The van der Waals surface area contributed by atoms with Gasteiger partial charge in [-0.2, -0.15) is 11.8 Å². The van der Waals surface area contributed by atoms with E-state index < -0.39 is 0 Å². The minimum atomic E-state index is -0.213. The maximum absolute atomic E-state index is 11.7. The van der Waals surface area contributed by atoms with Crippen LogP contribution in [-0.4, -0.2) is 28.0 Å². The summed E-state index contributed by atoms with van der Waals surface area (Å²) in [6.07, 6.45) is 2.49. The summed E-state index contributed by atoms with van der Waals surface area (Å²) in [4.78, 5) is 23.2. The summed E-state index contributed by atoms with van der Waals surface area (Å²) in [7, 11) is 0. The Kier molecular flexibility index (Phi) is 3.73. The average molecular weight is 253 g/mol. The summed E-state index contributed by atoms with van der Waals surface area (Å²) in [5, 5.41) is 2.91. The first-order valence-corrected chi connectivity index (χ1v) is 6.64. The molecule has 0 aliphatic carbocycles. The van der Waals surface area contributed by atoms with Crippen LogP contribution in [0.4, 0.5) is 5.69 Å². The molecule has 1 unspecified atom stereocenters. The topological polar surface area (TPSA) is 77.1 Å². The van der Waals surface area contributed by atoms with Crippen LogP contribution in [0.5, 0.6) is 0 Å². The molecular formula is C11H15N3O2S. The van der Waals surface area contributed by atoms with Gasteiger partial charge in [0.15, 0.2) is 0 Å². The number of aromatic nitrogens is 1. The predicted molar refractivity (Wildman–Crippen MR) is 69.0 cm³/mol. The monoisotopic (exact) mass is 253 g/mol. The van der Waals surface area contributed by atoms with Crippen molar-refractivity contribution in [3.63, 3.8) is 0 Å². The van der Waals surface area contributed by atoms with Crippen LogP contribution in [0.3, 0.4) is 0 Å². The molecule has 2 heterocycles. The van der Waals surface area contributed by atoms with E-state index in [4.69, 9.17) is 5.73 Å². The molecule has 92 valence electrons. The molecule has 1 aromatic heterocycles. The molecule has 0 saturated carbocycles. The summed E-state index contributed by atoms with van der Waals surface area (Å²) < 4.78 is 1.33. The van der Waals surface area contributed by atoms with Crippen molar-refractivity contribution in [3.8, 4) is 0 Å². The normalized spacial score (nSPS) is 19.2. The Morgan fingerprint density at radius 1 is 1.59 bits per heavy atom. The molecule has 0 radical (unpaired) electrons. The lowest BCUT2D eigenvalue weighted by Crippen LogP contribution is -2.38. The molecule has 5 nitrogen and oxygen atoms in total. The molecule has 1 aromatic rings. The lowest BCUT2D eigenvalue weighted by Gasteiger charge is -2.12. The average Bonchev–Trinajstić information content (AvgIpc) is 2.76. The zero-order valence-electron chi connectivity index (χ0n) is 9.39. The molecule has 1 fully saturated rings. The van der Waals surface area contributed by atoms with Gasteiger partial charge in [0.2, 0.25) is 5.91 Å². The third-order valence-corrected chi connectivity index (χ3v) is 3.78. The predicted octanol–water partition coefficient (Wildman–Crippen LogP) is 0.0522. The van der Waals surface area contributed by atoms with E-state index in [0.29, 0.717) is 5.69 Å². The van der Waals surface area contributed by atoms with Crippen LogP contribution < -0.4 is 16.6 Å². The summed E-state index contributed by atoms with van der Waals surface area (Å²) in [6, 6.07) is 3.14. The summed E-state index contributed by atoms with van der Waals surface area (Å²) in [5.41, 5.74) is 5.84. The molecule has 0 spiro atoms. The fraction of sp³-hybridized carbons (Fsp3) is 0.455. The number of thioether (sulfide) groups is 1. The summed E-state index contributed by atoms with van der Waals surface area (Å²) in [6.45, 7) is 0.0328. The van der Waals surface area contributed by atoms with E-state index in [1.54, 1.807) is 0 Å². The van der Waals surface area contributed by atoms with Crippen molar-refractivity contribution < 1.29 is 4.79 Å². The number of hydrogen-bond acceptors (Lipinski definition) is 4. The number of carbonyl (C=O) groups is 1. The third-order valence-electron chi connectivity index (χ3n) is 2.62. The van der Waals surface area contributed by atoms with Crippen LogP contribution >= 0.6 is 11.8 Å². The standard InChI is InChI=1S/C11H15N3O2S/c12-8-1-2-11(16)14(5-8)6-10(15)13-9-3-4-17-7-9/h1-2,5,9H,3-4,6-7,12H2,(H,13,15). The van der Waals surface area contributed by atoms with Crippen molar-refractivity contribution in [2.45, 2.75) is 19.0 Å². The SMILES string of the molecule is Nc1ccc(=O)n(CC(=O)NC2CCSC2)c1. The van der Waals surface area contributed by atoms with E-state index in [1.807, 2.05) is 11.8 Å². The van der Waals surface area contributed by atoms with Gasteiger partial charge in [-0.15, -0.1) is 0 Å². The number of nitrogens with zero attached hydrogens (tertiary/aromatic N) is 1. The molecule has 3 N–H and O–H groups in total.